The standard InChI is InChI=1S/C16H30N4O2/c1-5-9-17-15(18-10-8-14-7-6-11-22-14)19-12-16(2,21)13-20(3)4/h6-7,11,21H,5,8-10,12-13H2,1-4H3,(H2,17,18,19). The van der Waals surface area contributed by atoms with Crippen molar-refractivity contribution < 1.29 is 9.52 Å². The molecular formula is C16H30N4O2. The molecule has 1 heterocycles. The molecule has 3 N–H and O–H groups in total. The van der Waals surface area contributed by atoms with Gasteiger partial charge in [-0.1, -0.05) is 6.92 Å². The second-order valence-corrected chi connectivity index (χ2v) is 6.08. The molecule has 0 bridgehead atoms. The Morgan fingerprint density at radius 3 is 2.68 bits per heavy atom. The minimum absolute atomic E-state index is 0.352. The van der Waals surface area contributed by atoms with E-state index in [9.17, 15) is 5.11 Å². The molecule has 1 aromatic heterocycles. The van der Waals surface area contributed by atoms with Crippen LogP contribution in [-0.4, -0.2) is 61.8 Å². The first-order valence-corrected chi connectivity index (χ1v) is 7.84. The Kier molecular flexibility index (Phi) is 7.98. The minimum atomic E-state index is -0.842. The van der Waals surface area contributed by atoms with Crippen molar-refractivity contribution in [3.05, 3.63) is 24.2 Å². The molecule has 0 spiro atoms. The van der Waals surface area contributed by atoms with Crippen LogP contribution in [0.5, 0.6) is 0 Å². The summed E-state index contributed by atoms with van der Waals surface area (Å²) in [5, 5.41) is 16.8. The lowest BCUT2D eigenvalue weighted by molar-refractivity contribution is 0.0423. The molecule has 6 heteroatoms. The molecule has 0 aliphatic carbocycles. The number of likely N-dealkylation sites (N-methyl/N-ethyl adjacent to an activating group) is 1. The zero-order valence-electron chi connectivity index (χ0n) is 14.2. The Hall–Kier alpha value is -1.53. The fourth-order valence-corrected chi connectivity index (χ4v) is 2.16. The Morgan fingerprint density at radius 1 is 1.36 bits per heavy atom. The number of aliphatic hydroxyl groups is 1. The predicted octanol–water partition coefficient (Wildman–Crippen LogP) is 1.08. The average molecular weight is 310 g/mol. The molecule has 126 valence electrons. The van der Waals surface area contributed by atoms with Crippen molar-refractivity contribution in [2.24, 2.45) is 4.99 Å². The van der Waals surface area contributed by atoms with Gasteiger partial charge in [-0.15, -0.1) is 0 Å². The smallest absolute Gasteiger partial charge is 0.191 e. The van der Waals surface area contributed by atoms with E-state index in [2.05, 4.69) is 22.5 Å². The summed E-state index contributed by atoms with van der Waals surface area (Å²) in [5.41, 5.74) is -0.842. The van der Waals surface area contributed by atoms with Crippen molar-refractivity contribution in [2.45, 2.75) is 32.3 Å². The van der Waals surface area contributed by atoms with Gasteiger partial charge in [0.25, 0.3) is 0 Å². The molecule has 0 aliphatic heterocycles. The van der Waals surface area contributed by atoms with Crippen molar-refractivity contribution in [1.82, 2.24) is 15.5 Å². The highest BCUT2D eigenvalue weighted by Crippen LogP contribution is 2.05. The molecule has 1 rings (SSSR count). The lowest BCUT2D eigenvalue weighted by Crippen LogP contribution is -2.43. The number of hydrogen-bond donors (Lipinski definition) is 3. The number of rotatable bonds is 9. The van der Waals surface area contributed by atoms with E-state index in [4.69, 9.17) is 4.42 Å². The molecule has 0 amide bonds. The monoisotopic (exact) mass is 310 g/mol. The van der Waals surface area contributed by atoms with E-state index >= 15 is 0 Å². The van der Waals surface area contributed by atoms with Crippen molar-refractivity contribution in [2.75, 3.05) is 40.3 Å². The fraction of sp³-hybridized carbons (Fsp3) is 0.688. The number of hydrogen-bond acceptors (Lipinski definition) is 4. The minimum Gasteiger partial charge on any atom is -0.469 e. The molecule has 22 heavy (non-hydrogen) atoms. The van der Waals surface area contributed by atoms with E-state index in [0.717, 1.165) is 37.7 Å². The Bertz CT molecular complexity index is 427. The first-order chi connectivity index (χ1) is 10.4. The number of nitrogens with one attached hydrogen (secondary N) is 2. The first kappa shape index (κ1) is 18.5. The Labute approximate surface area is 133 Å². The summed E-state index contributed by atoms with van der Waals surface area (Å²) in [6.07, 6.45) is 3.50. The van der Waals surface area contributed by atoms with Crippen LogP contribution in [0.2, 0.25) is 0 Å². The Balaban J connectivity index is 2.48. The quantitative estimate of drug-likeness (QED) is 0.470. The summed E-state index contributed by atoms with van der Waals surface area (Å²) in [5.74, 6) is 1.68. The molecule has 0 aromatic carbocycles. The zero-order valence-corrected chi connectivity index (χ0v) is 14.2. The van der Waals surface area contributed by atoms with Gasteiger partial charge in [0, 0.05) is 26.1 Å². The predicted molar refractivity (Wildman–Crippen MR) is 90.2 cm³/mol. The maximum Gasteiger partial charge on any atom is 0.191 e. The number of guanidine groups is 1. The third-order valence-corrected chi connectivity index (χ3v) is 3.02. The van der Waals surface area contributed by atoms with Crippen LogP contribution in [0, 0.1) is 0 Å². The number of furan rings is 1. The van der Waals surface area contributed by atoms with Crippen LogP contribution in [0.3, 0.4) is 0 Å². The normalized spacial score (nSPS) is 14.9. The number of nitrogens with zero attached hydrogens (tertiary/aromatic N) is 2. The highest BCUT2D eigenvalue weighted by molar-refractivity contribution is 5.79. The third-order valence-electron chi connectivity index (χ3n) is 3.02. The molecule has 0 saturated carbocycles. The van der Waals surface area contributed by atoms with Gasteiger partial charge < -0.3 is 25.1 Å². The van der Waals surface area contributed by atoms with E-state index in [1.54, 1.807) is 13.2 Å². The Morgan fingerprint density at radius 2 is 2.09 bits per heavy atom. The van der Waals surface area contributed by atoms with Crippen molar-refractivity contribution in [1.29, 1.82) is 0 Å². The van der Waals surface area contributed by atoms with Gasteiger partial charge in [0.1, 0.15) is 5.76 Å². The van der Waals surface area contributed by atoms with Crippen LogP contribution >= 0.6 is 0 Å². The first-order valence-electron chi connectivity index (χ1n) is 7.84. The molecule has 1 atom stereocenters. The maximum atomic E-state index is 10.3. The molecular weight excluding hydrogens is 280 g/mol. The van der Waals surface area contributed by atoms with Gasteiger partial charge >= 0.3 is 0 Å². The molecule has 1 aromatic rings. The SMILES string of the molecule is CCCNC(=NCC(C)(O)CN(C)C)NCCc1ccco1. The summed E-state index contributed by atoms with van der Waals surface area (Å²) in [7, 11) is 3.88. The highest BCUT2D eigenvalue weighted by Gasteiger charge is 2.21. The summed E-state index contributed by atoms with van der Waals surface area (Å²) in [6, 6.07) is 3.85. The van der Waals surface area contributed by atoms with Gasteiger partial charge in [-0.05, 0) is 39.6 Å². The zero-order chi connectivity index (χ0) is 16.4. The van der Waals surface area contributed by atoms with E-state index in [-0.39, 0.29) is 0 Å². The lowest BCUT2D eigenvalue weighted by atomic mass is 10.1. The summed E-state index contributed by atoms with van der Waals surface area (Å²) >= 11 is 0. The van der Waals surface area contributed by atoms with Crippen LogP contribution in [0.25, 0.3) is 0 Å². The largest absolute Gasteiger partial charge is 0.469 e. The molecule has 0 radical (unpaired) electrons. The topological polar surface area (TPSA) is 73.0 Å². The third kappa shape index (κ3) is 8.05. The van der Waals surface area contributed by atoms with E-state index in [1.165, 1.54) is 0 Å². The van der Waals surface area contributed by atoms with Gasteiger partial charge in [-0.3, -0.25) is 4.99 Å². The molecule has 0 fully saturated rings. The van der Waals surface area contributed by atoms with Gasteiger partial charge in [-0.25, -0.2) is 0 Å². The summed E-state index contributed by atoms with van der Waals surface area (Å²) < 4.78 is 5.31. The molecule has 6 nitrogen and oxygen atoms in total. The highest BCUT2D eigenvalue weighted by atomic mass is 16.3. The van der Waals surface area contributed by atoms with Crippen LogP contribution < -0.4 is 10.6 Å². The van der Waals surface area contributed by atoms with Gasteiger partial charge in [0.2, 0.25) is 0 Å². The van der Waals surface area contributed by atoms with Gasteiger partial charge in [0.15, 0.2) is 5.96 Å². The van der Waals surface area contributed by atoms with E-state index < -0.39 is 5.60 Å². The van der Waals surface area contributed by atoms with Crippen LogP contribution in [0.1, 0.15) is 26.0 Å². The van der Waals surface area contributed by atoms with Crippen LogP contribution in [0.15, 0.2) is 27.8 Å². The summed E-state index contributed by atoms with van der Waals surface area (Å²) in [6.45, 7) is 6.42. The lowest BCUT2D eigenvalue weighted by Gasteiger charge is -2.25. The second kappa shape index (κ2) is 9.48. The molecule has 0 aliphatic rings. The number of aliphatic imine (C=N–C) groups is 1. The molecule has 0 saturated heterocycles. The maximum absolute atomic E-state index is 10.3. The van der Waals surface area contributed by atoms with E-state index in [1.807, 2.05) is 31.1 Å². The van der Waals surface area contributed by atoms with Crippen molar-refractivity contribution >= 4 is 5.96 Å². The van der Waals surface area contributed by atoms with Crippen LogP contribution in [0.4, 0.5) is 0 Å². The van der Waals surface area contributed by atoms with Gasteiger partial charge in [-0.2, -0.15) is 0 Å². The second-order valence-electron chi connectivity index (χ2n) is 6.08. The average Bonchev–Trinajstić information content (AvgIpc) is 2.93. The molecule has 1 unspecified atom stereocenters. The van der Waals surface area contributed by atoms with Gasteiger partial charge in [0.05, 0.1) is 18.4 Å². The fourth-order valence-electron chi connectivity index (χ4n) is 2.16. The van der Waals surface area contributed by atoms with Crippen LogP contribution in [-0.2, 0) is 6.42 Å². The van der Waals surface area contributed by atoms with Crippen molar-refractivity contribution in [3.8, 4) is 0 Å². The summed E-state index contributed by atoms with van der Waals surface area (Å²) in [4.78, 5) is 6.45. The van der Waals surface area contributed by atoms with E-state index in [0.29, 0.717) is 13.1 Å². The van der Waals surface area contributed by atoms with Crippen molar-refractivity contribution in [3.63, 3.8) is 0 Å².